The molecule has 13 heteroatoms. The minimum absolute atomic E-state index is 0.124. The Morgan fingerprint density at radius 1 is 0.773 bits per heavy atom. The van der Waals surface area contributed by atoms with Crippen molar-refractivity contribution >= 4 is 63.5 Å². The number of nitrogens with one attached hydrogen (secondary N) is 4. The number of urea groups is 2. The Morgan fingerprint density at radius 2 is 1.36 bits per heavy atom. The molecule has 0 radical (unpaired) electrons. The fourth-order valence-electron chi connectivity index (χ4n) is 4.32. The maximum atomic E-state index is 13.3. The highest BCUT2D eigenvalue weighted by Gasteiger charge is 2.25. The number of amides is 4. The van der Waals surface area contributed by atoms with Gasteiger partial charge in [-0.1, -0.05) is 23.2 Å². The highest BCUT2D eigenvalue weighted by molar-refractivity contribution is 6.34. The zero-order chi connectivity index (χ0) is 30.8. The lowest BCUT2D eigenvalue weighted by Crippen LogP contribution is -2.30. The van der Waals surface area contributed by atoms with Crippen molar-refractivity contribution in [2.24, 2.45) is 0 Å². The van der Waals surface area contributed by atoms with Gasteiger partial charge in [0.05, 0.1) is 34.0 Å². The first-order chi connectivity index (χ1) is 21.2. The SMILES string of the molecule is COc1cc2nccc(Oc3ccc(NC(=O)NC4CC4)c(Cl)c3)c2cc1C(=O)Oc1ccc(NC(=O)NC2CC2)c(Cl)c1. The van der Waals surface area contributed by atoms with Crippen LogP contribution < -0.4 is 35.5 Å². The van der Waals surface area contributed by atoms with Crippen LogP contribution in [-0.2, 0) is 0 Å². The number of aromatic nitrogens is 1. The van der Waals surface area contributed by atoms with E-state index in [4.69, 9.17) is 37.4 Å². The Kier molecular flexibility index (Phi) is 8.32. The Labute approximate surface area is 262 Å². The van der Waals surface area contributed by atoms with Crippen LogP contribution in [0.5, 0.6) is 23.0 Å². The highest BCUT2D eigenvalue weighted by Crippen LogP contribution is 2.36. The second kappa shape index (κ2) is 12.5. The minimum atomic E-state index is -0.704. The van der Waals surface area contributed by atoms with Crippen molar-refractivity contribution in [1.29, 1.82) is 0 Å². The molecule has 2 aliphatic rings. The molecule has 2 fully saturated rings. The van der Waals surface area contributed by atoms with Gasteiger partial charge in [0, 0.05) is 41.9 Å². The van der Waals surface area contributed by atoms with Crippen molar-refractivity contribution in [2.45, 2.75) is 37.8 Å². The quantitative estimate of drug-likeness (QED) is 0.113. The number of halogens is 2. The number of ether oxygens (including phenoxy) is 3. The number of hydrogen-bond donors (Lipinski definition) is 4. The summed E-state index contributed by atoms with van der Waals surface area (Å²) < 4.78 is 17.2. The second-order valence-corrected chi connectivity index (χ2v) is 11.2. The van der Waals surface area contributed by atoms with Crippen molar-refractivity contribution in [1.82, 2.24) is 15.6 Å². The lowest BCUT2D eigenvalue weighted by Gasteiger charge is -2.14. The van der Waals surface area contributed by atoms with E-state index in [1.165, 1.54) is 19.2 Å². The number of hydrogen-bond acceptors (Lipinski definition) is 7. The van der Waals surface area contributed by atoms with E-state index in [2.05, 4.69) is 26.3 Å². The molecule has 0 atom stereocenters. The number of methoxy groups -OCH3 is 1. The normalized spacial score (nSPS) is 14.0. The molecule has 4 aromatic rings. The van der Waals surface area contributed by atoms with Gasteiger partial charge >= 0.3 is 18.0 Å². The first-order valence-electron chi connectivity index (χ1n) is 13.9. The topological polar surface area (TPSA) is 140 Å². The Hall–Kier alpha value is -4.74. The third-order valence-corrected chi connectivity index (χ3v) is 7.51. The maximum absolute atomic E-state index is 13.3. The molecule has 6 rings (SSSR count). The number of nitrogens with zero attached hydrogens (tertiary/aromatic N) is 1. The number of rotatable bonds is 9. The molecule has 3 aromatic carbocycles. The minimum Gasteiger partial charge on any atom is -0.496 e. The summed E-state index contributed by atoms with van der Waals surface area (Å²) in [7, 11) is 1.44. The molecular formula is C31H27Cl2N5O6. The summed E-state index contributed by atoms with van der Waals surface area (Å²) in [4.78, 5) is 41.9. The molecule has 226 valence electrons. The van der Waals surface area contributed by atoms with Gasteiger partial charge < -0.3 is 35.5 Å². The summed E-state index contributed by atoms with van der Waals surface area (Å²) in [5.74, 6) is 0.524. The van der Waals surface area contributed by atoms with E-state index < -0.39 is 5.97 Å². The zero-order valence-corrected chi connectivity index (χ0v) is 24.9. The summed E-state index contributed by atoms with van der Waals surface area (Å²) in [5.41, 5.74) is 1.46. The molecule has 0 saturated heterocycles. The number of pyridine rings is 1. The van der Waals surface area contributed by atoms with E-state index in [1.54, 1.807) is 48.7 Å². The highest BCUT2D eigenvalue weighted by atomic mass is 35.5. The van der Waals surface area contributed by atoms with Gasteiger partial charge in [-0.2, -0.15) is 0 Å². The Balaban J connectivity index is 1.19. The van der Waals surface area contributed by atoms with Gasteiger partial charge in [0.1, 0.15) is 28.6 Å². The Bertz CT molecular complexity index is 1780. The van der Waals surface area contributed by atoms with E-state index in [9.17, 15) is 14.4 Å². The number of fused-ring (bicyclic) bond motifs is 1. The third kappa shape index (κ3) is 7.07. The van der Waals surface area contributed by atoms with E-state index >= 15 is 0 Å². The molecule has 4 N–H and O–H groups in total. The molecule has 0 spiro atoms. The van der Waals surface area contributed by atoms with E-state index in [-0.39, 0.29) is 46.2 Å². The third-order valence-electron chi connectivity index (χ3n) is 6.88. The monoisotopic (exact) mass is 635 g/mol. The molecule has 4 amide bonds. The predicted molar refractivity (Wildman–Crippen MR) is 167 cm³/mol. The largest absolute Gasteiger partial charge is 0.496 e. The molecular weight excluding hydrogens is 609 g/mol. The molecule has 1 heterocycles. The molecule has 1 aromatic heterocycles. The van der Waals surface area contributed by atoms with Crippen LogP contribution >= 0.6 is 23.2 Å². The van der Waals surface area contributed by atoms with Crippen molar-refractivity contribution in [2.75, 3.05) is 17.7 Å². The summed E-state index contributed by atoms with van der Waals surface area (Å²) in [5, 5.41) is 12.1. The number of carbonyl (C=O) groups excluding carboxylic acids is 3. The molecule has 0 aliphatic heterocycles. The van der Waals surface area contributed by atoms with Crippen molar-refractivity contribution in [3.8, 4) is 23.0 Å². The van der Waals surface area contributed by atoms with Crippen LogP contribution in [0.15, 0.2) is 60.8 Å². The number of esters is 1. The van der Waals surface area contributed by atoms with E-state index in [0.717, 1.165) is 25.7 Å². The average molecular weight is 636 g/mol. The first kappa shape index (κ1) is 29.3. The van der Waals surface area contributed by atoms with Crippen LogP contribution in [0.4, 0.5) is 21.0 Å². The Morgan fingerprint density at radius 3 is 1.93 bits per heavy atom. The van der Waals surface area contributed by atoms with Crippen LogP contribution in [0.1, 0.15) is 36.0 Å². The lowest BCUT2D eigenvalue weighted by atomic mass is 10.1. The van der Waals surface area contributed by atoms with Crippen molar-refractivity contribution in [3.63, 3.8) is 0 Å². The van der Waals surface area contributed by atoms with Gasteiger partial charge in [-0.25, -0.2) is 14.4 Å². The number of benzene rings is 3. The maximum Gasteiger partial charge on any atom is 0.347 e. The predicted octanol–water partition coefficient (Wildman–Crippen LogP) is 7.13. The lowest BCUT2D eigenvalue weighted by molar-refractivity contribution is 0.0731. The summed E-state index contributed by atoms with van der Waals surface area (Å²) >= 11 is 12.8. The summed E-state index contributed by atoms with van der Waals surface area (Å²) in [6.07, 6.45) is 5.43. The van der Waals surface area contributed by atoms with Crippen LogP contribution in [0, 0.1) is 0 Å². The first-order valence-corrected chi connectivity index (χ1v) is 14.6. The van der Waals surface area contributed by atoms with Crippen LogP contribution in [0.3, 0.4) is 0 Å². The molecule has 0 unspecified atom stereocenters. The van der Waals surface area contributed by atoms with Crippen LogP contribution in [0.25, 0.3) is 10.9 Å². The van der Waals surface area contributed by atoms with E-state index in [0.29, 0.717) is 38.8 Å². The zero-order valence-electron chi connectivity index (χ0n) is 23.4. The van der Waals surface area contributed by atoms with Crippen LogP contribution in [-0.4, -0.2) is 42.2 Å². The van der Waals surface area contributed by atoms with Crippen molar-refractivity contribution < 1.29 is 28.6 Å². The van der Waals surface area contributed by atoms with Gasteiger partial charge in [-0.05, 0) is 62.1 Å². The number of carbonyl (C=O) groups is 3. The average Bonchev–Trinajstić information content (AvgIpc) is 3.93. The standard InChI is InChI=1S/C31H27Cl2N5O6/c1-42-28-15-26-20(14-21(28)29(39)44-19-7-9-25(23(33)13-19)38-31(41)36-17-4-5-17)27(10-11-34-26)43-18-6-8-24(22(32)12-18)37-30(40)35-16-2-3-16/h6-17H,2-5H2,1H3,(H2,35,37,40)(H2,36,38,41). The molecule has 44 heavy (non-hydrogen) atoms. The molecule has 0 bridgehead atoms. The fraction of sp³-hybridized carbons (Fsp3) is 0.226. The number of anilines is 2. The van der Waals surface area contributed by atoms with Crippen molar-refractivity contribution in [3.05, 3.63) is 76.4 Å². The molecule has 2 saturated carbocycles. The summed E-state index contributed by atoms with van der Waals surface area (Å²) in [6, 6.07) is 14.0. The molecule has 11 nitrogen and oxygen atoms in total. The van der Waals surface area contributed by atoms with Gasteiger partial charge in [-0.15, -0.1) is 0 Å². The van der Waals surface area contributed by atoms with Gasteiger partial charge in [0.2, 0.25) is 0 Å². The summed E-state index contributed by atoms with van der Waals surface area (Å²) in [6.45, 7) is 0. The second-order valence-electron chi connectivity index (χ2n) is 10.4. The van der Waals surface area contributed by atoms with Gasteiger partial charge in [0.15, 0.2) is 0 Å². The van der Waals surface area contributed by atoms with Crippen LogP contribution in [0.2, 0.25) is 10.0 Å². The fourth-order valence-corrected chi connectivity index (χ4v) is 4.75. The molecule has 2 aliphatic carbocycles. The van der Waals surface area contributed by atoms with Gasteiger partial charge in [-0.3, -0.25) is 4.98 Å². The smallest absolute Gasteiger partial charge is 0.347 e. The van der Waals surface area contributed by atoms with Gasteiger partial charge in [0.25, 0.3) is 0 Å². The van der Waals surface area contributed by atoms with E-state index in [1.807, 2.05) is 0 Å².